The summed E-state index contributed by atoms with van der Waals surface area (Å²) in [6, 6.07) is 7.00. The SMILES string of the molecule is CC(C)SC(CC(=O)c1cccc(Br)c1)C(=O)O. The average molecular weight is 331 g/mol. The van der Waals surface area contributed by atoms with Gasteiger partial charge in [-0.3, -0.25) is 9.59 Å². The summed E-state index contributed by atoms with van der Waals surface area (Å²) in [4.78, 5) is 23.1. The number of halogens is 1. The molecule has 0 aliphatic rings. The van der Waals surface area contributed by atoms with Gasteiger partial charge in [0.05, 0.1) is 0 Å². The zero-order valence-electron chi connectivity index (χ0n) is 10.2. The monoisotopic (exact) mass is 330 g/mol. The molecule has 1 rings (SSSR count). The minimum atomic E-state index is -0.933. The van der Waals surface area contributed by atoms with Gasteiger partial charge in [0.25, 0.3) is 0 Å². The number of carbonyl (C=O) groups is 2. The third-order valence-electron chi connectivity index (χ3n) is 2.23. The fraction of sp³-hybridized carbons (Fsp3) is 0.385. The zero-order valence-corrected chi connectivity index (χ0v) is 12.6. The minimum Gasteiger partial charge on any atom is -0.480 e. The number of carboxylic acids is 1. The second-order valence-corrected chi connectivity index (χ2v) is 6.85. The van der Waals surface area contributed by atoms with Crippen molar-refractivity contribution < 1.29 is 14.7 Å². The van der Waals surface area contributed by atoms with E-state index >= 15 is 0 Å². The van der Waals surface area contributed by atoms with E-state index in [0.29, 0.717) is 5.56 Å². The van der Waals surface area contributed by atoms with Crippen molar-refractivity contribution in [2.24, 2.45) is 0 Å². The lowest BCUT2D eigenvalue weighted by molar-refractivity contribution is -0.136. The van der Waals surface area contributed by atoms with Crippen LogP contribution in [0, 0.1) is 0 Å². The Labute approximate surface area is 119 Å². The fourth-order valence-corrected chi connectivity index (χ4v) is 2.89. The molecule has 0 aliphatic heterocycles. The molecule has 0 aliphatic carbocycles. The van der Waals surface area contributed by atoms with E-state index in [1.54, 1.807) is 18.2 Å². The number of Topliss-reactive ketones (excluding diaryl/α,β-unsaturated/α-hetero) is 1. The first-order chi connectivity index (χ1) is 8.40. The second kappa shape index (κ2) is 6.95. The minimum absolute atomic E-state index is 0.0225. The Bertz CT molecular complexity index is 446. The quantitative estimate of drug-likeness (QED) is 0.809. The summed E-state index contributed by atoms with van der Waals surface area (Å²) >= 11 is 4.59. The summed E-state index contributed by atoms with van der Waals surface area (Å²) < 4.78 is 0.816. The summed E-state index contributed by atoms with van der Waals surface area (Å²) in [6.45, 7) is 3.84. The van der Waals surface area contributed by atoms with Crippen LogP contribution in [0.15, 0.2) is 28.7 Å². The summed E-state index contributed by atoms with van der Waals surface area (Å²) in [5, 5.41) is 8.59. The summed E-state index contributed by atoms with van der Waals surface area (Å²) in [5.74, 6) is -1.08. The van der Waals surface area contributed by atoms with Crippen LogP contribution in [0.4, 0.5) is 0 Å². The van der Waals surface area contributed by atoms with Gasteiger partial charge in [0.15, 0.2) is 5.78 Å². The molecule has 0 radical (unpaired) electrons. The van der Waals surface area contributed by atoms with Crippen molar-refractivity contribution in [2.75, 3.05) is 0 Å². The molecule has 1 atom stereocenters. The van der Waals surface area contributed by atoms with Gasteiger partial charge in [0.2, 0.25) is 0 Å². The number of rotatable bonds is 6. The highest BCUT2D eigenvalue weighted by Gasteiger charge is 2.23. The maximum absolute atomic E-state index is 12.0. The van der Waals surface area contributed by atoms with Crippen molar-refractivity contribution in [3.05, 3.63) is 34.3 Å². The Morgan fingerprint density at radius 3 is 2.56 bits per heavy atom. The third kappa shape index (κ3) is 4.82. The average Bonchev–Trinajstić information content (AvgIpc) is 2.27. The number of thioether (sulfide) groups is 1. The first-order valence-electron chi connectivity index (χ1n) is 5.57. The number of hydrogen-bond acceptors (Lipinski definition) is 3. The number of carboxylic acid groups (broad SMARTS) is 1. The molecule has 98 valence electrons. The zero-order chi connectivity index (χ0) is 13.7. The van der Waals surface area contributed by atoms with Gasteiger partial charge >= 0.3 is 5.97 Å². The van der Waals surface area contributed by atoms with E-state index in [1.165, 1.54) is 11.8 Å². The van der Waals surface area contributed by atoms with E-state index in [-0.39, 0.29) is 17.5 Å². The van der Waals surface area contributed by atoms with E-state index in [2.05, 4.69) is 15.9 Å². The van der Waals surface area contributed by atoms with Crippen LogP contribution in [0.5, 0.6) is 0 Å². The van der Waals surface area contributed by atoms with Crippen LogP contribution in [-0.2, 0) is 4.79 Å². The molecular formula is C13H15BrO3S. The molecule has 0 saturated heterocycles. The number of ketones is 1. The van der Waals surface area contributed by atoms with Gasteiger partial charge in [-0.15, -0.1) is 11.8 Å². The second-order valence-electron chi connectivity index (χ2n) is 4.15. The number of carbonyl (C=O) groups excluding carboxylic acids is 1. The van der Waals surface area contributed by atoms with Gasteiger partial charge < -0.3 is 5.11 Å². The number of hydrogen-bond donors (Lipinski definition) is 1. The molecule has 0 saturated carbocycles. The van der Waals surface area contributed by atoms with Crippen LogP contribution in [0.25, 0.3) is 0 Å². The molecule has 1 aromatic rings. The van der Waals surface area contributed by atoms with Crippen molar-refractivity contribution in [1.82, 2.24) is 0 Å². The highest BCUT2D eigenvalue weighted by atomic mass is 79.9. The summed E-state index contributed by atoms with van der Waals surface area (Å²) in [7, 11) is 0. The summed E-state index contributed by atoms with van der Waals surface area (Å²) in [6.07, 6.45) is 0.0225. The molecule has 0 heterocycles. The van der Waals surface area contributed by atoms with E-state index in [0.717, 1.165) is 4.47 Å². The van der Waals surface area contributed by atoms with Crippen LogP contribution in [-0.4, -0.2) is 27.4 Å². The molecule has 18 heavy (non-hydrogen) atoms. The molecule has 1 N–H and O–H groups in total. The Morgan fingerprint density at radius 2 is 2.06 bits per heavy atom. The van der Waals surface area contributed by atoms with Crippen LogP contribution in [0.3, 0.4) is 0 Å². The highest BCUT2D eigenvalue weighted by molar-refractivity contribution is 9.10. The van der Waals surface area contributed by atoms with Crippen LogP contribution >= 0.6 is 27.7 Å². The molecule has 0 bridgehead atoms. The smallest absolute Gasteiger partial charge is 0.317 e. The normalized spacial score (nSPS) is 12.4. The third-order valence-corrected chi connectivity index (χ3v) is 3.96. The van der Waals surface area contributed by atoms with Crippen molar-refractivity contribution in [1.29, 1.82) is 0 Å². The Balaban J connectivity index is 2.75. The van der Waals surface area contributed by atoms with E-state index in [4.69, 9.17) is 5.11 Å². The molecule has 0 fully saturated rings. The van der Waals surface area contributed by atoms with Crippen molar-refractivity contribution in [3.8, 4) is 0 Å². The lowest BCUT2D eigenvalue weighted by Crippen LogP contribution is -2.22. The van der Waals surface area contributed by atoms with Crippen LogP contribution in [0.2, 0.25) is 0 Å². The standard InChI is InChI=1S/C13H15BrO3S/c1-8(2)18-12(13(16)17)7-11(15)9-4-3-5-10(14)6-9/h3-6,8,12H,7H2,1-2H3,(H,16,17). The van der Waals surface area contributed by atoms with Crippen LogP contribution < -0.4 is 0 Å². The number of aliphatic carboxylic acids is 1. The lowest BCUT2D eigenvalue weighted by atomic mass is 10.1. The van der Waals surface area contributed by atoms with E-state index in [9.17, 15) is 9.59 Å². The molecule has 1 aromatic carbocycles. The van der Waals surface area contributed by atoms with Gasteiger partial charge in [0, 0.05) is 16.5 Å². The molecule has 3 nitrogen and oxygen atoms in total. The Hall–Kier alpha value is -0.810. The summed E-state index contributed by atoms with van der Waals surface area (Å²) in [5.41, 5.74) is 0.542. The molecule has 0 amide bonds. The highest BCUT2D eigenvalue weighted by Crippen LogP contribution is 2.23. The van der Waals surface area contributed by atoms with E-state index < -0.39 is 11.2 Å². The molecule has 0 spiro atoms. The van der Waals surface area contributed by atoms with Crippen molar-refractivity contribution in [3.63, 3.8) is 0 Å². The van der Waals surface area contributed by atoms with Gasteiger partial charge in [-0.2, -0.15) is 0 Å². The predicted molar refractivity (Wildman–Crippen MR) is 77.2 cm³/mol. The van der Waals surface area contributed by atoms with E-state index in [1.807, 2.05) is 19.9 Å². The van der Waals surface area contributed by atoms with Gasteiger partial charge in [-0.1, -0.05) is 41.9 Å². The predicted octanol–water partition coefficient (Wildman–Crippen LogP) is 3.62. The molecular weight excluding hydrogens is 316 g/mol. The maximum Gasteiger partial charge on any atom is 0.317 e. The topological polar surface area (TPSA) is 54.4 Å². The lowest BCUT2D eigenvalue weighted by Gasteiger charge is -2.13. The van der Waals surface area contributed by atoms with Crippen LogP contribution in [0.1, 0.15) is 30.6 Å². The fourth-order valence-electron chi connectivity index (χ4n) is 1.47. The molecule has 0 aromatic heterocycles. The van der Waals surface area contributed by atoms with Gasteiger partial charge in [-0.25, -0.2) is 0 Å². The molecule has 5 heteroatoms. The Kier molecular flexibility index (Phi) is 5.88. The largest absolute Gasteiger partial charge is 0.480 e. The first kappa shape index (κ1) is 15.2. The maximum atomic E-state index is 12.0. The Morgan fingerprint density at radius 1 is 1.39 bits per heavy atom. The van der Waals surface area contributed by atoms with Crippen molar-refractivity contribution in [2.45, 2.75) is 30.8 Å². The number of benzene rings is 1. The first-order valence-corrected chi connectivity index (χ1v) is 7.30. The van der Waals surface area contributed by atoms with Gasteiger partial charge in [-0.05, 0) is 17.4 Å². The molecule has 1 unspecified atom stereocenters. The van der Waals surface area contributed by atoms with Crippen molar-refractivity contribution >= 4 is 39.4 Å². The van der Waals surface area contributed by atoms with Gasteiger partial charge in [0.1, 0.15) is 5.25 Å².